The predicted octanol–water partition coefficient (Wildman–Crippen LogP) is 2.40. The van der Waals surface area contributed by atoms with Crippen molar-refractivity contribution in [2.45, 2.75) is 17.4 Å². The van der Waals surface area contributed by atoms with Crippen molar-refractivity contribution in [2.75, 3.05) is 5.75 Å². The fourth-order valence-electron chi connectivity index (χ4n) is 1.06. The number of halogens is 1. The highest BCUT2D eigenvalue weighted by Gasteiger charge is 2.05. The smallest absolute Gasteiger partial charge is 0.0413 e. The highest BCUT2D eigenvalue weighted by atomic mass is 79.9. The van der Waals surface area contributed by atoms with Crippen LogP contribution in [0.4, 0.5) is 0 Å². The Hall–Kier alpha value is -0.470. The van der Waals surface area contributed by atoms with Gasteiger partial charge >= 0.3 is 0 Å². The predicted molar refractivity (Wildman–Crippen MR) is 69.4 cm³/mol. The van der Waals surface area contributed by atoms with Gasteiger partial charge in [-0.2, -0.15) is 0 Å². The normalized spacial score (nSPS) is 12.1. The molecule has 0 heterocycles. The molecule has 3 N–H and O–H groups in total. The molecule has 0 aliphatic carbocycles. The maximum Gasteiger partial charge on any atom is 0.0413 e. The third kappa shape index (κ3) is 4.72. The molecule has 0 saturated heterocycles. The summed E-state index contributed by atoms with van der Waals surface area (Å²) in [7, 11) is 0. The lowest BCUT2D eigenvalue weighted by Gasteiger charge is -2.12. The Morgan fingerprint density at radius 3 is 3.00 bits per heavy atom. The molecule has 0 bridgehead atoms. The molecule has 2 nitrogen and oxygen atoms in total. The molecule has 1 aromatic rings. The number of terminal acetylenes is 1. The van der Waals surface area contributed by atoms with E-state index in [0.717, 1.165) is 10.2 Å². The molecular weight excluding hydrogens is 272 g/mol. The molecule has 1 rings (SSSR count). The number of hydrogen-bond donors (Lipinski definition) is 2. The summed E-state index contributed by atoms with van der Waals surface area (Å²) in [5.41, 5.74) is 2.71. The number of hydrogen-bond acceptors (Lipinski definition) is 3. The van der Waals surface area contributed by atoms with Crippen LogP contribution in [0.5, 0.6) is 0 Å². The van der Waals surface area contributed by atoms with E-state index < -0.39 is 0 Å². The fraction of sp³-hybridized carbons (Fsp3) is 0.273. The molecular formula is C11H13BrN2S. The zero-order valence-electron chi connectivity index (χ0n) is 8.24. The molecule has 0 fully saturated rings. The number of rotatable bonds is 5. The summed E-state index contributed by atoms with van der Waals surface area (Å²) in [6, 6.07) is 8.33. The first-order chi connectivity index (χ1) is 7.26. The third-order valence-electron chi connectivity index (χ3n) is 1.85. The molecule has 0 spiro atoms. The van der Waals surface area contributed by atoms with Crippen LogP contribution in [0.15, 0.2) is 33.6 Å². The van der Waals surface area contributed by atoms with Crippen molar-refractivity contribution in [3.05, 3.63) is 28.7 Å². The van der Waals surface area contributed by atoms with Gasteiger partial charge in [-0.15, -0.1) is 24.1 Å². The topological polar surface area (TPSA) is 38.0 Å². The van der Waals surface area contributed by atoms with Crippen LogP contribution in [0, 0.1) is 12.3 Å². The third-order valence-corrected chi connectivity index (χ3v) is 3.50. The first-order valence-corrected chi connectivity index (χ1v) is 6.32. The Bertz CT molecular complexity index is 349. The van der Waals surface area contributed by atoms with E-state index in [1.54, 1.807) is 11.8 Å². The van der Waals surface area contributed by atoms with Crippen LogP contribution >= 0.6 is 27.7 Å². The van der Waals surface area contributed by atoms with E-state index in [-0.39, 0.29) is 6.04 Å². The van der Waals surface area contributed by atoms with Gasteiger partial charge in [0.25, 0.3) is 0 Å². The minimum Gasteiger partial charge on any atom is -0.271 e. The lowest BCUT2D eigenvalue weighted by atomic mass is 10.3. The van der Waals surface area contributed by atoms with Gasteiger partial charge in [0.05, 0.1) is 0 Å². The van der Waals surface area contributed by atoms with Crippen LogP contribution in [-0.2, 0) is 0 Å². The standard InChI is InChI=1S/C11H13BrN2S/c1-2-4-10(14-13)8-15-11-6-3-5-9(12)7-11/h1,3,5-7,10,14H,4,8,13H2. The number of nitrogens with one attached hydrogen (secondary N) is 1. The number of thioether (sulfide) groups is 1. The quantitative estimate of drug-likeness (QED) is 0.377. The van der Waals surface area contributed by atoms with Crippen molar-refractivity contribution >= 4 is 27.7 Å². The maximum absolute atomic E-state index is 5.38. The van der Waals surface area contributed by atoms with Crippen molar-refractivity contribution in [3.8, 4) is 12.3 Å². The van der Waals surface area contributed by atoms with Gasteiger partial charge in [-0.3, -0.25) is 11.3 Å². The zero-order valence-corrected chi connectivity index (χ0v) is 10.6. The summed E-state index contributed by atoms with van der Waals surface area (Å²) in [4.78, 5) is 1.21. The van der Waals surface area contributed by atoms with Crippen molar-refractivity contribution in [1.29, 1.82) is 0 Å². The van der Waals surface area contributed by atoms with Gasteiger partial charge in [-0.1, -0.05) is 22.0 Å². The summed E-state index contributed by atoms with van der Waals surface area (Å²) in [5, 5.41) is 0. The van der Waals surface area contributed by atoms with Gasteiger partial charge in [-0.05, 0) is 18.2 Å². The zero-order chi connectivity index (χ0) is 11.1. The molecule has 0 amide bonds. The first-order valence-electron chi connectivity index (χ1n) is 4.54. The summed E-state index contributed by atoms with van der Waals surface area (Å²) >= 11 is 5.17. The monoisotopic (exact) mass is 284 g/mol. The molecule has 1 unspecified atom stereocenters. The summed E-state index contributed by atoms with van der Waals surface area (Å²) in [6.45, 7) is 0. The van der Waals surface area contributed by atoms with Crippen molar-refractivity contribution < 1.29 is 0 Å². The van der Waals surface area contributed by atoms with Gasteiger partial charge in [0.2, 0.25) is 0 Å². The van der Waals surface area contributed by atoms with Crippen molar-refractivity contribution in [1.82, 2.24) is 5.43 Å². The minimum absolute atomic E-state index is 0.166. The highest BCUT2D eigenvalue weighted by molar-refractivity contribution is 9.10. The largest absolute Gasteiger partial charge is 0.271 e. The van der Waals surface area contributed by atoms with Crippen LogP contribution in [0.1, 0.15) is 6.42 Å². The molecule has 15 heavy (non-hydrogen) atoms. The second-order valence-electron chi connectivity index (χ2n) is 3.04. The van der Waals surface area contributed by atoms with E-state index in [2.05, 4.69) is 39.4 Å². The van der Waals surface area contributed by atoms with Crippen LogP contribution in [-0.4, -0.2) is 11.8 Å². The Morgan fingerprint density at radius 2 is 2.40 bits per heavy atom. The van der Waals surface area contributed by atoms with Gasteiger partial charge in [0.15, 0.2) is 0 Å². The van der Waals surface area contributed by atoms with Crippen LogP contribution in [0.25, 0.3) is 0 Å². The molecule has 1 atom stereocenters. The molecule has 0 aliphatic heterocycles. The van der Waals surface area contributed by atoms with E-state index in [4.69, 9.17) is 12.3 Å². The highest BCUT2D eigenvalue weighted by Crippen LogP contribution is 2.22. The number of hydrazine groups is 1. The molecule has 0 saturated carbocycles. The fourth-order valence-corrected chi connectivity index (χ4v) is 2.61. The first kappa shape index (κ1) is 12.6. The van der Waals surface area contributed by atoms with Gasteiger partial charge in [-0.25, -0.2) is 0 Å². The van der Waals surface area contributed by atoms with E-state index in [0.29, 0.717) is 6.42 Å². The Morgan fingerprint density at radius 1 is 1.60 bits per heavy atom. The Labute approximate surface area is 103 Å². The van der Waals surface area contributed by atoms with E-state index in [1.807, 2.05) is 12.1 Å². The summed E-state index contributed by atoms with van der Waals surface area (Å²) in [6.07, 6.45) is 5.89. The molecule has 0 radical (unpaired) electrons. The Kier molecular flexibility index (Phi) is 5.81. The lowest BCUT2D eigenvalue weighted by molar-refractivity contribution is 0.592. The molecule has 80 valence electrons. The van der Waals surface area contributed by atoms with Crippen LogP contribution in [0.2, 0.25) is 0 Å². The van der Waals surface area contributed by atoms with E-state index in [1.165, 1.54) is 4.90 Å². The van der Waals surface area contributed by atoms with Gasteiger partial charge in [0.1, 0.15) is 0 Å². The second kappa shape index (κ2) is 6.91. The Balaban J connectivity index is 2.46. The summed E-state index contributed by atoms with van der Waals surface area (Å²) in [5.74, 6) is 8.86. The average molecular weight is 285 g/mol. The maximum atomic E-state index is 5.38. The van der Waals surface area contributed by atoms with Gasteiger partial charge < -0.3 is 0 Å². The van der Waals surface area contributed by atoms with Crippen molar-refractivity contribution in [3.63, 3.8) is 0 Å². The second-order valence-corrected chi connectivity index (χ2v) is 5.05. The van der Waals surface area contributed by atoms with Crippen molar-refractivity contribution in [2.24, 2.45) is 5.84 Å². The molecule has 0 aliphatic rings. The van der Waals surface area contributed by atoms with E-state index >= 15 is 0 Å². The minimum atomic E-state index is 0.166. The molecule has 4 heteroatoms. The summed E-state index contributed by atoms with van der Waals surface area (Å²) < 4.78 is 1.08. The van der Waals surface area contributed by atoms with Crippen LogP contribution < -0.4 is 11.3 Å². The number of benzene rings is 1. The van der Waals surface area contributed by atoms with Crippen LogP contribution in [0.3, 0.4) is 0 Å². The molecule has 1 aromatic carbocycles. The lowest BCUT2D eigenvalue weighted by Crippen LogP contribution is -2.36. The average Bonchev–Trinajstić information content (AvgIpc) is 2.24. The van der Waals surface area contributed by atoms with E-state index in [9.17, 15) is 0 Å². The molecule has 0 aromatic heterocycles. The number of nitrogens with two attached hydrogens (primary N) is 1. The van der Waals surface area contributed by atoms with Gasteiger partial charge in [0, 0.05) is 27.6 Å². The SMILES string of the molecule is C#CCC(CSc1cccc(Br)c1)NN.